The maximum absolute atomic E-state index is 5.85. The molecule has 0 spiro atoms. The van der Waals surface area contributed by atoms with Gasteiger partial charge >= 0.3 is 0 Å². The highest BCUT2D eigenvalue weighted by atomic mass is 16.5. The Morgan fingerprint density at radius 2 is 2.18 bits per heavy atom. The van der Waals surface area contributed by atoms with Crippen molar-refractivity contribution in [3.63, 3.8) is 0 Å². The number of nitrogens with two attached hydrogens (primary N) is 1. The smallest absolute Gasteiger partial charge is 0.0825 e. The van der Waals surface area contributed by atoms with E-state index in [0.717, 1.165) is 30.8 Å². The number of methoxy groups -OCH3 is 1. The normalized spacial score (nSPS) is 25.0. The quantitative estimate of drug-likeness (QED) is 0.799. The highest BCUT2D eigenvalue weighted by Gasteiger charge is 2.30. The average molecular weight is 234 g/mol. The average Bonchev–Trinajstić information content (AvgIpc) is 2.33. The fraction of sp³-hybridized carbons (Fsp3) is 0.571. The molecule has 2 N–H and O–H groups in total. The molecular weight excluding hydrogens is 212 g/mol. The Balaban J connectivity index is 2.19. The number of nitrogen functional groups attached to an aromatic ring is 1. The monoisotopic (exact) mass is 234 g/mol. The number of anilines is 2. The van der Waals surface area contributed by atoms with Gasteiger partial charge in [-0.05, 0) is 50.5 Å². The summed E-state index contributed by atoms with van der Waals surface area (Å²) in [6.45, 7) is 6.29. The summed E-state index contributed by atoms with van der Waals surface area (Å²) >= 11 is 0. The number of hydrogen-bond acceptors (Lipinski definition) is 3. The van der Waals surface area contributed by atoms with Gasteiger partial charge in [-0.3, -0.25) is 0 Å². The van der Waals surface area contributed by atoms with Crippen molar-refractivity contribution in [1.29, 1.82) is 0 Å². The lowest BCUT2D eigenvalue weighted by molar-refractivity contribution is -0.00465. The highest BCUT2D eigenvalue weighted by molar-refractivity contribution is 5.58. The summed E-state index contributed by atoms with van der Waals surface area (Å²) in [5, 5.41) is 0. The van der Waals surface area contributed by atoms with Crippen LogP contribution in [-0.2, 0) is 4.74 Å². The molecule has 0 bridgehead atoms. The second-order valence-electron chi connectivity index (χ2n) is 5.22. The predicted octanol–water partition coefficient (Wildman–Crippen LogP) is 2.58. The van der Waals surface area contributed by atoms with E-state index in [1.807, 2.05) is 6.07 Å². The molecule has 1 aliphatic heterocycles. The molecule has 94 valence electrons. The van der Waals surface area contributed by atoms with Crippen LogP contribution in [-0.4, -0.2) is 25.8 Å². The molecule has 1 aliphatic rings. The molecule has 0 saturated carbocycles. The zero-order chi connectivity index (χ0) is 12.5. The van der Waals surface area contributed by atoms with Crippen LogP contribution in [0.4, 0.5) is 11.4 Å². The van der Waals surface area contributed by atoms with E-state index in [1.165, 1.54) is 12.1 Å². The fourth-order valence-corrected chi connectivity index (χ4v) is 2.45. The van der Waals surface area contributed by atoms with Crippen molar-refractivity contribution in [1.82, 2.24) is 0 Å². The Hall–Kier alpha value is -1.22. The van der Waals surface area contributed by atoms with Gasteiger partial charge in [0, 0.05) is 31.6 Å². The van der Waals surface area contributed by atoms with Gasteiger partial charge in [0.15, 0.2) is 0 Å². The third-order valence-corrected chi connectivity index (χ3v) is 3.77. The topological polar surface area (TPSA) is 38.5 Å². The molecule has 1 saturated heterocycles. The fourth-order valence-electron chi connectivity index (χ4n) is 2.45. The standard InChI is InChI=1S/C14H22N2O/c1-11-9-12(5-6-13(11)15)16-8-4-7-14(2,10-16)17-3/h5-6,9H,4,7-8,10,15H2,1-3H3. The van der Waals surface area contributed by atoms with Crippen LogP contribution in [0.15, 0.2) is 18.2 Å². The van der Waals surface area contributed by atoms with E-state index >= 15 is 0 Å². The second kappa shape index (κ2) is 4.57. The summed E-state index contributed by atoms with van der Waals surface area (Å²) in [5.41, 5.74) is 9.09. The molecule has 3 nitrogen and oxygen atoms in total. The predicted molar refractivity (Wildman–Crippen MR) is 72.5 cm³/mol. The van der Waals surface area contributed by atoms with Crippen molar-refractivity contribution in [3.8, 4) is 0 Å². The van der Waals surface area contributed by atoms with Crippen LogP contribution in [0.25, 0.3) is 0 Å². The van der Waals surface area contributed by atoms with Crippen molar-refractivity contribution in [3.05, 3.63) is 23.8 Å². The SMILES string of the molecule is COC1(C)CCCN(c2ccc(N)c(C)c2)C1. The molecule has 0 aromatic heterocycles. The number of nitrogens with zero attached hydrogens (tertiary/aromatic N) is 1. The Morgan fingerprint density at radius 1 is 1.41 bits per heavy atom. The van der Waals surface area contributed by atoms with Gasteiger partial charge in [-0.25, -0.2) is 0 Å². The molecule has 0 amide bonds. The van der Waals surface area contributed by atoms with E-state index in [9.17, 15) is 0 Å². The van der Waals surface area contributed by atoms with E-state index in [4.69, 9.17) is 10.5 Å². The molecule has 3 heteroatoms. The van der Waals surface area contributed by atoms with Gasteiger partial charge in [0.1, 0.15) is 0 Å². The molecule has 0 radical (unpaired) electrons. The highest BCUT2D eigenvalue weighted by Crippen LogP contribution is 2.29. The Labute approximate surface area is 104 Å². The zero-order valence-electron chi connectivity index (χ0n) is 11.0. The van der Waals surface area contributed by atoms with Crippen LogP contribution in [0.3, 0.4) is 0 Å². The molecule has 1 aromatic carbocycles. The van der Waals surface area contributed by atoms with Crippen LogP contribution in [0.2, 0.25) is 0 Å². The first-order valence-corrected chi connectivity index (χ1v) is 6.20. The summed E-state index contributed by atoms with van der Waals surface area (Å²) < 4.78 is 5.62. The van der Waals surface area contributed by atoms with E-state index in [2.05, 4.69) is 30.9 Å². The Bertz CT molecular complexity index is 405. The molecular formula is C14H22N2O. The minimum atomic E-state index is -0.0203. The first-order chi connectivity index (χ1) is 8.04. The largest absolute Gasteiger partial charge is 0.399 e. The number of ether oxygens (including phenoxy) is 1. The van der Waals surface area contributed by atoms with Crippen LogP contribution in [0, 0.1) is 6.92 Å². The first kappa shape index (κ1) is 12.2. The minimum absolute atomic E-state index is 0.0203. The molecule has 1 aromatic rings. The summed E-state index contributed by atoms with van der Waals surface area (Å²) in [7, 11) is 1.80. The maximum atomic E-state index is 5.85. The number of hydrogen-bond donors (Lipinski definition) is 1. The van der Waals surface area contributed by atoms with Gasteiger partial charge in [0.25, 0.3) is 0 Å². The molecule has 1 fully saturated rings. The van der Waals surface area contributed by atoms with E-state index in [-0.39, 0.29) is 5.60 Å². The van der Waals surface area contributed by atoms with E-state index in [1.54, 1.807) is 7.11 Å². The summed E-state index contributed by atoms with van der Waals surface area (Å²) in [4.78, 5) is 2.39. The molecule has 0 aliphatic carbocycles. The lowest BCUT2D eigenvalue weighted by atomic mass is 9.94. The summed E-state index contributed by atoms with van der Waals surface area (Å²) in [6, 6.07) is 6.25. The van der Waals surface area contributed by atoms with E-state index < -0.39 is 0 Å². The van der Waals surface area contributed by atoms with Crippen molar-refractivity contribution in [2.75, 3.05) is 30.8 Å². The third-order valence-electron chi connectivity index (χ3n) is 3.77. The van der Waals surface area contributed by atoms with Crippen LogP contribution in [0.1, 0.15) is 25.3 Å². The molecule has 2 rings (SSSR count). The minimum Gasteiger partial charge on any atom is -0.399 e. The van der Waals surface area contributed by atoms with Gasteiger partial charge in [-0.1, -0.05) is 0 Å². The zero-order valence-corrected chi connectivity index (χ0v) is 11.0. The maximum Gasteiger partial charge on any atom is 0.0825 e. The Kier molecular flexibility index (Phi) is 3.29. The van der Waals surface area contributed by atoms with Crippen molar-refractivity contribution < 1.29 is 4.74 Å². The van der Waals surface area contributed by atoms with Gasteiger partial charge < -0.3 is 15.4 Å². The summed E-state index contributed by atoms with van der Waals surface area (Å²) in [6.07, 6.45) is 2.31. The first-order valence-electron chi connectivity index (χ1n) is 6.20. The molecule has 1 unspecified atom stereocenters. The number of benzene rings is 1. The van der Waals surface area contributed by atoms with Crippen molar-refractivity contribution in [2.45, 2.75) is 32.3 Å². The molecule has 1 heterocycles. The number of piperidine rings is 1. The van der Waals surface area contributed by atoms with Gasteiger partial charge in [0.05, 0.1) is 5.60 Å². The molecule has 17 heavy (non-hydrogen) atoms. The number of rotatable bonds is 2. The van der Waals surface area contributed by atoms with Crippen molar-refractivity contribution >= 4 is 11.4 Å². The van der Waals surface area contributed by atoms with Gasteiger partial charge in [-0.2, -0.15) is 0 Å². The van der Waals surface area contributed by atoms with Gasteiger partial charge in [-0.15, -0.1) is 0 Å². The lowest BCUT2D eigenvalue weighted by Crippen LogP contribution is -2.47. The third kappa shape index (κ3) is 2.55. The van der Waals surface area contributed by atoms with Gasteiger partial charge in [0.2, 0.25) is 0 Å². The van der Waals surface area contributed by atoms with Crippen LogP contribution < -0.4 is 10.6 Å². The van der Waals surface area contributed by atoms with Crippen molar-refractivity contribution in [2.24, 2.45) is 0 Å². The Morgan fingerprint density at radius 3 is 2.82 bits per heavy atom. The van der Waals surface area contributed by atoms with Crippen LogP contribution >= 0.6 is 0 Å². The lowest BCUT2D eigenvalue weighted by Gasteiger charge is -2.40. The second-order valence-corrected chi connectivity index (χ2v) is 5.22. The number of aryl methyl sites for hydroxylation is 1. The van der Waals surface area contributed by atoms with E-state index in [0.29, 0.717) is 0 Å². The molecule has 1 atom stereocenters. The summed E-state index contributed by atoms with van der Waals surface area (Å²) in [5.74, 6) is 0. The van der Waals surface area contributed by atoms with Crippen LogP contribution in [0.5, 0.6) is 0 Å².